The molecular weight excluding hydrogens is 321 g/mol. The molecule has 0 spiro atoms. The van der Waals surface area contributed by atoms with E-state index in [2.05, 4.69) is 5.32 Å². The van der Waals surface area contributed by atoms with Gasteiger partial charge in [0.15, 0.2) is 11.6 Å². The molecule has 0 aromatic heterocycles. The number of nitrogens with one attached hydrogen (secondary N) is 1. The lowest BCUT2D eigenvalue weighted by Gasteiger charge is -2.16. The molecule has 2 aromatic rings. The van der Waals surface area contributed by atoms with Crippen LogP contribution >= 0.6 is 0 Å². The van der Waals surface area contributed by atoms with Gasteiger partial charge >= 0.3 is 0 Å². The first-order chi connectivity index (χ1) is 11.3. The first kappa shape index (κ1) is 17.1. The van der Waals surface area contributed by atoms with Crippen molar-refractivity contribution >= 4 is 17.1 Å². The van der Waals surface area contributed by atoms with Crippen LogP contribution < -0.4 is 10.1 Å². The fourth-order valence-electron chi connectivity index (χ4n) is 2.18. The fraction of sp³-hybridized carbons (Fsp3) is 0.200. The van der Waals surface area contributed by atoms with Gasteiger partial charge in [-0.15, -0.1) is 0 Å². The van der Waals surface area contributed by atoms with Crippen molar-refractivity contribution in [3.05, 3.63) is 68.0 Å². The number of nitro groups is 2. The molecule has 1 N–H and O–H groups in total. The van der Waals surface area contributed by atoms with Crippen LogP contribution in [0.3, 0.4) is 0 Å². The topological polar surface area (TPSA) is 108 Å². The first-order valence-corrected chi connectivity index (χ1v) is 6.86. The van der Waals surface area contributed by atoms with E-state index in [1.165, 1.54) is 25.3 Å². The van der Waals surface area contributed by atoms with Crippen LogP contribution in [0, 0.1) is 26.0 Å². The molecule has 24 heavy (non-hydrogen) atoms. The van der Waals surface area contributed by atoms with E-state index in [1.807, 2.05) is 0 Å². The third-order valence-corrected chi connectivity index (χ3v) is 3.44. The molecule has 0 unspecified atom stereocenters. The first-order valence-electron chi connectivity index (χ1n) is 6.86. The fourth-order valence-corrected chi connectivity index (χ4v) is 2.18. The highest BCUT2D eigenvalue weighted by molar-refractivity contribution is 5.66. The maximum atomic E-state index is 13.8. The average molecular weight is 335 g/mol. The Labute approximate surface area is 136 Å². The van der Waals surface area contributed by atoms with Gasteiger partial charge in [0.05, 0.1) is 23.0 Å². The molecule has 0 heterocycles. The van der Waals surface area contributed by atoms with Crippen LogP contribution in [0.2, 0.25) is 0 Å². The van der Waals surface area contributed by atoms with Gasteiger partial charge in [0, 0.05) is 12.1 Å². The molecule has 0 saturated carbocycles. The number of hydrogen-bond donors (Lipinski definition) is 1. The standard InChI is InChI=1S/C15H14FN3O5/c1-9(10-3-6-15(24-2)12(16)7-10)17-13-5-4-11(18(20)21)8-14(13)19(22)23/h3-9,17H,1-2H3/t9-/m1/s1. The summed E-state index contributed by atoms with van der Waals surface area (Å²) in [5.41, 5.74) is -0.157. The van der Waals surface area contributed by atoms with Gasteiger partial charge in [-0.05, 0) is 30.7 Å². The summed E-state index contributed by atoms with van der Waals surface area (Å²) in [6.45, 7) is 1.69. The lowest BCUT2D eigenvalue weighted by molar-refractivity contribution is -0.393. The number of ether oxygens (including phenoxy) is 1. The molecule has 1 atom stereocenters. The SMILES string of the molecule is COc1ccc([C@@H](C)Nc2ccc([N+](=O)[O-])cc2[N+](=O)[O-])cc1F. The molecule has 2 rings (SSSR count). The van der Waals surface area contributed by atoms with E-state index < -0.39 is 27.4 Å². The van der Waals surface area contributed by atoms with Crippen molar-refractivity contribution in [3.8, 4) is 5.75 Å². The Hall–Kier alpha value is -3.23. The quantitative estimate of drug-likeness (QED) is 0.635. The lowest BCUT2D eigenvalue weighted by atomic mass is 10.1. The summed E-state index contributed by atoms with van der Waals surface area (Å²) in [7, 11) is 1.35. The van der Waals surface area contributed by atoms with Gasteiger partial charge in [-0.1, -0.05) is 6.07 Å². The van der Waals surface area contributed by atoms with Gasteiger partial charge in [0.25, 0.3) is 11.4 Å². The summed E-state index contributed by atoms with van der Waals surface area (Å²) in [4.78, 5) is 20.4. The molecular formula is C15H14FN3O5. The molecule has 0 bridgehead atoms. The van der Waals surface area contributed by atoms with E-state index in [-0.39, 0.29) is 17.1 Å². The Morgan fingerprint density at radius 2 is 1.83 bits per heavy atom. The van der Waals surface area contributed by atoms with Crippen LogP contribution in [-0.2, 0) is 0 Å². The van der Waals surface area contributed by atoms with E-state index >= 15 is 0 Å². The van der Waals surface area contributed by atoms with Gasteiger partial charge in [0.1, 0.15) is 5.69 Å². The molecule has 2 aromatic carbocycles. The smallest absolute Gasteiger partial charge is 0.299 e. The molecule has 9 heteroatoms. The predicted molar refractivity (Wildman–Crippen MR) is 84.7 cm³/mol. The molecule has 126 valence electrons. The summed E-state index contributed by atoms with van der Waals surface area (Å²) in [5, 5.41) is 24.7. The zero-order valence-corrected chi connectivity index (χ0v) is 12.9. The van der Waals surface area contributed by atoms with Crippen molar-refractivity contribution < 1.29 is 19.0 Å². The Morgan fingerprint density at radius 1 is 1.12 bits per heavy atom. The largest absolute Gasteiger partial charge is 0.494 e. The van der Waals surface area contributed by atoms with Gasteiger partial charge in [-0.2, -0.15) is 0 Å². The minimum Gasteiger partial charge on any atom is -0.494 e. The Bertz CT molecular complexity index is 797. The van der Waals surface area contributed by atoms with Gasteiger partial charge in [-0.25, -0.2) is 4.39 Å². The van der Waals surface area contributed by atoms with Crippen molar-refractivity contribution in [1.29, 1.82) is 0 Å². The molecule has 8 nitrogen and oxygen atoms in total. The lowest BCUT2D eigenvalue weighted by Crippen LogP contribution is -2.09. The van der Waals surface area contributed by atoms with Crippen LogP contribution in [0.25, 0.3) is 0 Å². The van der Waals surface area contributed by atoms with Gasteiger partial charge in [-0.3, -0.25) is 20.2 Å². The summed E-state index contributed by atoms with van der Waals surface area (Å²) >= 11 is 0. The van der Waals surface area contributed by atoms with E-state index in [1.54, 1.807) is 13.0 Å². The van der Waals surface area contributed by atoms with Crippen LogP contribution in [0.1, 0.15) is 18.5 Å². The highest BCUT2D eigenvalue weighted by Crippen LogP contribution is 2.32. The summed E-state index contributed by atoms with van der Waals surface area (Å²) in [6, 6.07) is 7.16. The molecule has 0 aliphatic rings. The molecule has 0 saturated heterocycles. The third-order valence-electron chi connectivity index (χ3n) is 3.44. The van der Waals surface area contributed by atoms with E-state index in [0.717, 1.165) is 12.1 Å². The molecule has 0 amide bonds. The summed E-state index contributed by atoms with van der Waals surface area (Å²) in [5.74, 6) is -0.464. The van der Waals surface area contributed by atoms with Crippen LogP contribution in [0.5, 0.6) is 5.75 Å². The number of non-ortho nitro benzene ring substituents is 1. The Kier molecular flexibility index (Phi) is 4.93. The minimum absolute atomic E-state index is 0.0901. The van der Waals surface area contributed by atoms with E-state index in [4.69, 9.17) is 4.74 Å². The number of nitrogens with zero attached hydrogens (tertiary/aromatic N) is 2. The number of rotatable bonds is 6. The number of benzene rings is 2. The second kappa shape index (κ2) is 6.90. The maximum Gasteiger partial charge on any atom is 0.299 e. The number of nitro benzene ring substituents is 2. The van der Waals surface area contributed by atoms with E-state index in [0.29, 0.717) is 5.56 Å². The van der Waals surface area contributed by atoms with Crippen molar-refractivity contribution in [3.63, 3.8) is 0 Å². The zero-order chi connectivity index (χ0) is 17.9. The summed E-state index contributed by atoms with van der Waals surface area (Å²) in [6.07, 6.45) is 0. The summed E-state index contributed by atoms with van der Waals surface area (Å²) < 4.78 is 18.6. The normalized spacial score (nSPS) is 11.6. The second-order valence-corrected chi connectivity index (χ2v) is 4.98. The molecule has 0 aliphatic carbocycles. The Balaban J connectivity index is 2.31. The van der Waals surface area contributed by atoms with Crippen LogP contribution in [-0.4, -0.2) is 17.0 Å². The highest BCUT2D eigenvalue weighted by atomic mass is 19.1. The Morgan fingerprint density at radius 3 is 2.38 bits per heavy atom. The van der Waals surface area contributed by atoms with Gasteiger partial charge < -0.3 is 10.1 Å². The molecule has 0 aliphatic heterocycles. The second-order valence-electron chi connectivity index (χ2n) is 4.98. The predicted octanol–water partition coefficient (Wildman–Crippen LogP) is 3.82. The van der Waals surface area contributed by atoms with Crippen molar-refractivity contribution in [2.45, 2.75) is 13.0 Å². The monoisotopic (exact) mass is 335 g/mol. The van der Waals surface area contributed by atoms with E-state index in [9.17, 15) is 24.6 Å². The average Bonchev–Trinajstić information content (AvgIpc) is 2.54. The number of anilines is 1. The minimum atomic E-state index is -0.712. The number of methoxy groups -OCH3 is 1. The van der Waals surface area contributed by atoms with Crippen LogP contribution in [0.4, 0.5) is 21.5 Å². The van der Waals surface area contributed by atoms with Gasteiger partial charge in [0.2, 0.25) is 0 Å². The maximum absolute atomic E-state index is 13.8. The third kappa shape index (κ3) is 3.57. The number of hydrogen-bond acceptors (Lipinski definition) is 6. The molecule has 0 radical (unpaired) electrons. The number of halogens is 1. The van der Waals surface area contributed by atoms with Crippen molar-refractivity contribution in [2.24, 2.45) is 0 Å². The highest BCUT2D eigenvalue weighted by Gasteiger charge is 2.21. The van der Waals surface area contributed by atoms with Crippen molar-refractivity contribution in [2.75, 3.05) is 12.4 Å². The zero-order valence-electron chi connectivity index (χ0n) is 12.9. The molecule has 0 fully saturated rings. The van der Waals surface area contributed by atoms with Crippen molar-refractivity contribution in [1.82, 2.24) is 0 Å². The van der Waals surface area contributed by atoms with Crippen LogP contribution in [0.15, 0.2) is 36.4 Å².